The molecule has 0 fully saturated rings. The van der Waals surface area contributed by atoms with E-state index in [4.69, 9.17) is 23.9 Å². The summed E-state index contributed by atoms with van der Waals surface area (Å²) in [6.07, 6.45) is 0.404. The van der Waals surface area contributed by atoms with Crippen LogP contribution < -0.4 is 19.5 Å². The third-order valence-corrected chi connectivity index (χ3v) is 10.2. The lowest BCUT2D eigenvalue weighted by Crippen LogP contribution is -2.50. The maximum absolute atomic E-state index is 15.0. The van der Waals surface area contributed by atoms with Crippen LogP contribution in [0, 0.1) is 0 Å². The van der Waals surface area contributed by atoms with Crippen molar-refractivity contribution in [3.05, 3.63) is 207 Å². The number of aliphatic imine (C=N–C) groups is 1. The van der Waals surface area contributed by atoms with E-state index in [1.807, 2.05) is 158 Å². The lowest BCUT2D eigenvalue weighted by atomic mass is 9.81. The molecule has 0 radical (unpaired) electrons. The molecule has 0 saturated carbocycles. The van der Waals surface area contributed by atoms with Gasteiger partial charge in [-0.3, -0.25) is 4.79 Å². The number of aliphatic hydroxyl groups is 1. The number of nitrogens with zero attached hydrogens (tertiary/aromatic N) is 4. The number of aliphatic hydroxyl groups excluding tert-OH is 1. The summed E-state index contributed by atoms with van der Waals surface area (Å²) in [6.45, 7) is 1.61. The first kappa shape index (κ1) is 41.1. The van der Waals surface area contributed by atoms with Gasteiger partial charge in [0.05, 0.1) is 13.2 Å². The van der Waals surface area contributed by atoms with E-state index in [0.717, 1.165) is 33.4 Å². The van der Waals surface area contributed by atoms with E-state index in [-0.39, 0.29) is 25.5 Å². The van der Waals surface area contributed by atoms with Crippen LogP contribution in [0.2, 0.25) is 0 Å². The van der Waals surface area contributed by atoms with Crippen LogP contribution in [0.15, 0.2) is 168 Å². The molecule has 0 saturated heterocycles. The van der Waals surface area contributed by atoms with Gasteiger partial charge in [-0.2, -0.15) is 0 Å². The molecule has 304 valence electrons. The highest BCUT2D eigenvalue weighted by atomic mass is 16.5. The minimum atomic E-state index is -1.45. The van der Waals surface area contributed by atoms with Crippen molar-refractivity contribution in [1.82, 2.24) is 5.32 Å². The monoisotopic (exact) mass is 801 g/mol. The van der Waals surface area contributed by atoms with E-state index in [1.165, 1.54) is 0 Å². The van der Waals surface area contributed by atoms with E-state index in [0.29, 0.717) is 67.9 Å². The van der Waals surface area contributed by atoms with Crippen LogP contribution >= 0.6 is 0 Å². The topological polar surface area (TPSA) is 147 Å². The van der Waals surface area contributed by atoms with Gasteiger partial charge in [-0.05, 0) is 81.7 Å². The number of nitrogens with one attached hydrogen (secondary N) is 1. The van der Waals surface area contributed by atoms with Gasteiger partial charge in [-0.1, -0.05) is 126 Å². The second kappa shape index (κ2) is 20.6. The van der Waals surface area contributed by atoms with Crippen molar-refractivity contribution < 1.29 is 28.8 Å². The lowest BCUT2D eigenvalue weighted by Gasteiger charge is -2.31. The van der Waals surface area contributed by atoms with E-state index in [1.54, 1.807) is 0 Å². The zero-order valence-electron chi connectivity index (χ0n) is 33.2. The molecule has 60 heavy (non-hydrogen) atoms. The first-order chi connectivity index (χ1) is 29.5. The Kier molecular flexibility index (Phi) is 14.1. The molecule has 11 nitrogen and oxygen atoms in total. The number of carbonyl (C=O) groups excluding carboxylic acids is 1. The summed E-state index contributed by atoms with van der Waals surface area (Å²) >= 11 is 0. The fraction of sp³-hybridized carbons (Fsp3) is 0.224. The Hall–Kier alpha value is -7.07. The number of hydrogen-bond acceptors (Lipinski definition) is 8. The van der Waals surface area contributed by atoms with Gasteiger partial charge >= 0.3 is 0 Å². The average molecular weight is 802 g/mol. The van der Waals surface area contributed by atoms with Crippen LogP contribution in [0.1, 0.15) is 51.5 Å². The molecule has 0 spiro atoms. The number of amides is 1. The highest BCUT2D eigenvalue weighted by Crippen LogP contribution is 2.43. The average Bonchev–Trinajstić information content (AvgIpc) is 3.69. The number of rotatable bonds is 20. The Bertz CT molecular complexity index is 2390. The third kappa shape index (κ3) is 10.5. The third-order valence-electron chi connectivity index (χ3n) is 10.2. The van der Waals surface area contributed by atoms with Crippen molar-refractivity contribution in [2.75, 3.05) is 19.8 Å². The molecule has 7 rings (SSSR count). The maximum Gasteiger partial charge on any atom is 0.252 e. The molecule has 0 bridgehead atoms. The second-order valence-corrected chi connectivity index (χ2v) is 14.4. The van der Waals surface area contributed by atoms with Crippen LogP contribution in [0.25, 0.3) is 10.4 Å². The smallest absolute Gasteiger partial charge is 0.252 e. The van der Waals surface area contributed by atoms with Crippen molar-refractivity contribution >= 4 is 11.8 Å². The predicted molar refractivity (Wildman–Crippen MR) is 231 cm³/mol. The number of azide groups is 1. The van der Waals surface area contributed by atoms with E-state index < -0.39 is 11.6 Å². The van der Waals surface area contributed by atoms with Gasteiger partial charge in [0.2, 0.25) is 5.90 Å². The van der Waals surface area contributed by atoms with Gasteiger partial charge in [0, 0.05) is 36.5 Å². The van der Waals surface area contributed by atoms with Crippen LogP contribution in [0.5, 0.6) is 17.2 Å². The largest absolute Gasteiger partial charge is 0.494 e. The quantitative estimate of drug-likeness (QED) is 0.0341. The molecule has 0 aliphatic carbocycles. The molecule has 1 heterocycles. The molecule has 6 aromatic carbocycles. The van der Waals surface area contributed by atoms with Crippen molar-refractivity contribution in [2.24, 2.45) is 10.1 Å². The molecule has 0 unspecified atom stereocenters. The Morgan fingerprint density at radius 2 is 1.38 bits per heavy atom. The highest BCUT2D eigenvalue weighted by Gasteiger charge is 2.53. The summed E-state index contributed by atoms with van der Waals surface area (Å²) in [6, 6.07) is 50.4. The Balaban J connectivity index is 1.17. The Morgan fingerprint density at radius 1 is 0.750 bits per heavy atom. The zero-order valence-corrected chi connectivity index (χ0v) is 33.2. The van der Waals surface area contributed by atoms with Gasteiger partial charge in [0.1, 0.15) is 19.0 Å². The summed E-state index contributed by atoms with van der Waals surface area (Å²) in [5, 5.41) is 16.2. The van der Waals surface area contributed by atoms with Crippen LogP contribution in [0.4, 0.5) is 0 Å². The van der Waals surface area contributed by atoms with Gasteiger partial charge in [0.15, 0.2) is 23.1 Å². The first-order valence-corrected chi connectivity index (χ1v) is 20.0. The normalized spacial score (nSPS) is 15.6. The van der Waals surface area contributed by atoms with E-state index >= 15 is 0 Å². The van der Waals surface area contributed by atoms with Crippen molar-refractivity contribution in [3.8, 4) is 17.2 Å². The number of hydrogen-bond donors (Lipinski definition) is 2. The molecule has 0 aromatic heterocycles. The van der Waals surface area contributed by atoms with E-state index in [2.05, 4.69) is 15.3 Å². The van der Waals surface area contributed by atoms with Crippen LogP contribution in [-0.2, 0) is 42.1 Å². The summed E-state index contributed by atoms with van der Waals surface area (Å²) < 4.78 is 25.1. The number of carbonyl (C=O) groups is 1. The zero-order chi connectivity index (χ0) is 41.4. The summed E-state index contributed by atoms with van der Waals surface area (Å²) in [5.74, 6) is 1.89. The first-order valence-electron chi connectivity index (χ1n) is 20.0. The van der Waals surface area contributed by atoms with Crippen LogP contribution in [0.3, 0.4) is 0 Å². The lowest BCUT2D eigenvalue weighted by molar-refractivity contribution is -0.128. The minimum Gasteiger partial charge on any atom is -0.494 e. The summed E-state index contributed by atoms with van der Waals surface area (Å²) in [5.41, 5.74) is 13.8. The molecule has 6 aromatic rings. The van der Waals surface area contributed by atoms with Crippen LogP contribution in [-0.4, -0.2) is 42.2 Å². The molecule has 1 amide bonds. The molecule has 2 N–H and O–H groups in total. The highest BCUT2D eigenvalue weighted by molar-refractivity contribution is 6.01. The molecular formula is C49H47N5O6. The maximum atomic E-state index is 15.0. The number of ether oxygens (including phenoxy) is 4. The predicted octanol–water partition coefficient (Wildman–Crippen LogP) is 9.27. The fourth-order valence-electron chi connectivity index (χ4n) is 7.08. The molecule has 1 aliphatic rings. The molecule has 1 aliphatic heterocycles. The van der Waals surface area contributed by atoms with Gasteiger partial charge in [-0.15, -0.1) is 0 Å². The standard InChI is InChI=1S/C49H47N5O6/c50-54-52-33-42-20-11-10-19-41(42)32-49(46(39-17-8-3-9-18-39)60-47(53-49)40-22-24-43(25-23-40)57-30-12-29-55)48(56)51-28-27-36-21-26-44(58-34-37-13-4-1-5-14-37)45(31-36)59-35-38-15-6-2-7-16-38/h1-11,13-26,31,46,55H,12,27-30,32-35H2,(H,51,56)/t46-,49-/m1/s1. The second-order valence-electron chi connectivity index (χ2n) is 14.4. The molecular weight excluding hydrogens is 755 g/mol. The van der Waals surface area contributed by atoms with Crippen molar-refractivity contribution in [1.29, 1.82) is 0 Å². The van der Waals surface area contributed by atoms with Gasteiger partial charge in [-0.25, -0.2) is 4.99 Å². The van der Waals surface area contributed by atoms with Crippen molar-refractivity contribution in [2.45, 2.75) is 50.7 Å². The summed E-state index contributed by atoms with van der Waals surface area (Å²) in [4.78, 5) is 23.2. The molecule has 2 atom stereocenters. The molecule has 11 heteroatoms. The van der Waals surface area contributed by atoms with E-state index in [9.17, 15) is 15.4 Å². The van der Waals surface area contributed by atoms with Gasteiger partial charge in [0.25, 0.3) is 5.91 Å². The Morgan fingerprint density at radius 3 is 2.05 bits per heavy atom. The summed E-state index contributed by atoms with van der Waals surface area (Å²) in [7, 11) is 0. The minimum absolute atomic E-state index is 0.0420. The van der Waals surface area contributed by atoms with Crippen molar-refractivity contribution in [3.63, 3.8) is 0 Å². The fourth-order valence-corrected chi connectivity index (χ4v) is 7.08. The Labute approximate surface area is 349 Å². The number of benzene rings is 6. The SMILES string of the molecule is [N-]=[N+]=NCc1ccccc1C[C@@]1(C(=O)NCCc2ccc(OCc3ccccc3)c(OCc3ccccc3)c2)N=C(c2ccc(OCCCO)cc2)O[C@@H]1c1ccccc1. The van der Waals surface area contributed by atoms with Gasteiger partial charge < -0.3 is 29.4 Å².